The van der Waals surface area contributed by atoms with E-state index >= 15 is 0 Å². The van der Waals surface area contributed by atoms with Crippen molar-refractivity contribution in [2.75, 3.05) is 0 Å². The number of carbonyl (C=O) groups is 1. The summed E-state index contributed by atoms with van der Waals surface area (Å²) < 4.78 is 0. The number of Topliss-reactive ketones (excluding diaryl/α,β-unsaturated/α-hetero) is 1. The molecule has 0 fully saturated rings. The lowest BCUT2D eigenvalue weighted by molar-refractivity contribution is -0.383. The van der Waals surface area contributed by atoms with E-state index in [0.29, 0.717) is 22.9 Å². The normalized spacial score (nSPS) is 10.7. The average Bonchev–Trinajstić information content (AvgIpc) is 2.79. The predicted octanol–water partition coefficient (Wildman–Crippen LogP) is 3.45. The average molecular weight is 246 g/mol. The summed E-state index contributed by atoms with van der Waals surface area (Å²) in [4.78, 5) is 25.2. The Kier molecular flexibility index (Phi) is 3.41. The molecule has 0 spiro atoms. The van der Waals surface area contributed by atoms with Gasteiger partial charge in [-0.25, -0.2) is 0 Å². The highest BCUT2D eigenvalue weighted by molar-refractivity contribution is 6.09. The minimum Gasteiger partial charge on any atom is -0.355 e. The molecule has 94 valence electrons. The molecule has 0 unspecified atom stereocenters. The number of nitro benzene ring substituents is 1. The topological polar surface area (TPSA) is 76.0 Å². The molecule has 2 aromatic rings. The number of fused-ring (bicyclic) bond motifs is 1. The quantitative estimate of drug-likeness (QED) is 0.498. The van der Waals surface area contributed by atoms with E-state index in [1.54, 1.807) is 18.3 Å². The lowest BCUT2D eigenvalue weighted by Crippen LogP contribution is -1.97. The molecule has 0 radical (unpaired) electrons. The van der Waals surface area contributed by atoms with Crippen LogP contribution >= 0.6 is 0 Å². The molecule has 0 aliphatic rings. The van der Waals surface area contributed by atoms with Crippen molar-refractivity contribution >= 4 is 22.4 Å². The van der Waals surface area contributed by atoms with Gasteiger partial charge in [0.1, 0.15) is 5.52 Å². The van der Waals surface area contributed by atoms with E-state index in [1.807, 2.05) is 6.92 Å². The molecular weight excluding hydrogens is 232 g/mol. The Morgan fingerprint density at radius 2 is 2.22 bits per heavy atom. The highest BCUT2D eigenvalue weighted by Crippen LogP contribution is 2.27. The molecule has 5 heteroatoms. The van der Waals surface area contributed by atoms with Crippen LogP contribution in [0.3, 0.4) is 0 Å². The Hall–Kier alpha value is -2.17. The van der Waals surface area contributed by atoms with Crippen LogP contribution in [0.5, 0.6) is 0 Å². The zero-order valence-electron chi connectivity index (χ0n) is 10.1. The lowest BCUT2D eigenvalue weighted by atomic mass is 10.0. The van der Waals surface area contributed by atoms with Gasteiger partial charge in [-0.2, -0.15) is 0 Å². The van der Waals surface area contributed by atoms with Crippen molar-refractivity contribution in [3.63, 3.8) is 0 Å². The summed E-state index contributed by atoms with van der Waals surface area (Å²) in [5.74, 6) is 0.0311. The number of non-ortho nitro benzene ring substituents is 1. The van der Waals surface area contributed by atoms with Crippen LogP contribution < -0.4 is 0 Å². The van der Waals surface area contributed by atoms with Gasteiger partial charge in [0.05, 0.1) is 4.92 Å². The fraction of sp³-hybridized carbons (Fsp3) is 0.308. The highest BCUT2D eigenvalue weighted by Gasteiger charge is 2.18. The molecule has 0 saturated heterocycles. The van der Waals surface area contributed by atoms with Gasteiger partial charge in [-0.15, -0.1) is 0 Å². The number of aromatic amines is 1. The number of unbranched alkanes of at least 4 members (excludes halogenated alkanes) is 1. The van der Waals surface area contributed by atoms with E-state index in [4.69, 9.17) is 0 Å². The van der Waals surface area contributed by atoms with Crippen LogP contribution in [0.15, 0.2) is 24.4 Å². The van der Waals surface area contributed by atoms with Gasteiger partial charge in [0.2, 0.25) is 0 Å². The fourth-order valence-electron chi connectivity index (χ4n) is 1.99. The van der Waals surface area contributed by atoms with Crippen LogP contribution in [0.4, 0.5) is 5.69 Å². The molecule has 0 atom stereocenters. The Balaban J connectivity index is 2.45. The summed E-state index contributed by atoms with van der Waals surface area (Å²) in [6.07, 6.45) is 3.83. The molecule has 0 amide bonds. The first-order valence-electron chi connectivity index (χ1n) is 5.92. The third kappa shape index (κ3) is 2.11. The van der Waals surface area contributed by atoms with Gasteiger partial charge < -0.3 is 4.98 Å². The Morgan fingerprint density at radius 3 is 2.89 bits per heavy atom. The van der Waals surface area contributed by atoms with Crippen molar-refractivity contribution in [1.82, 2.24) is 4.98 Å². The van der Waals surface area contributed by atoms with E-state index in [1.165, 1.54) is 6.07 Å². The number of para-hydroxylation sites is 1. The van der Waals surface area contributed by atoms with Crippen molar-refractivity contribution in [2.45, 2.75) is 26.2 Å². The summed E-state index contributed by atoms with van der Waals surface area (Å²) in [6, 6.07) is 4.77. The Labute approximate surface area is 104 Å². The number of benzene rings is 1. The summed E-state index contributed by atoms with van der Waals surface area (Å²) >= 11 is 0. The molecule has 1 aromatic heterocycles. The van der Waals surface area contributed by atoms with Gasteiger partial charge >= 0.3 is 0 Å². The molecule has 0 aliphatic heterocycles. The number of nitro groups is 1. The number of rotatable bonds is 5. The zero-order valence-corrected chi connectivity index (χ0v) is 10.1. The van der Waals surface area contributed by atoms with Crippen molar-refractivity contribution in [3.8, 4) is 0 Å². The van der Waals surface area contributed by atoms with Crippen LogP contribution in [0.1, 0.15) is 36.5 Å². The van der Waals surface area contributed by atoms with E-state index in [9.17, 15) is 14.9 Å². The smallest absolute Gasteiger partial charge is 0.293 e. The summed E-state index contributed by atoms with van der Waals surface area (Å²) in [5.41, 5.74) is 0.964. The molecule has 1 N–H and O–H groups in total. The first-order chi connectivity index (χ1) is 8.65. The van der Waals surface area contributed by atoms with Crippen molar-refractivity contribution in [2.24, 2.45) is 0 Å². The Morgan fingerprint density at radius 1 is 1.44 bits per heavy atom. The van der Waals surface area contributed by atoms with Gasteiger partial charge in [0.15, 0.2) is 5.78 Å². The number of nitrogens with one attached hydrogen (secondary N) is 1. The van der Waals surface area contributed by atoms with Crippen LogP contribution in [-0.4, -0.2) is 15.7 Å². The van der Waals surface area contributed by atoms with Gasteiger partial charge in [0, 0.05) is 29.6 Å². The van der Waals surface area contributed by atoms with Crippen LogP contribution in [0.2, 0.25) is 0 Å². The molecule has 2 rings (SSSR count). The molecule has 1 heterocycles. The minimum atomic E-state index is -0.445. The number of aromatic nitrogens is 1. The molecule has 18 heavy (non-hydrogen) atoms. The van der Waals surface area contributed by atoms with E-state index < -0.39 is 4.92 Å². The van der Waals surface area contributed by atoms with Crippen LogP contribution in [0, 0.1) is 10.1 Å². The second-order valence-corrected chi connectivity index (χ2v) is 4.19. The zero-order chi connectivity index (χ0) is 13.1. The van der Waals surface area contributed by atoms with Crippen molar-refractivity contribution < 1.29 is 9.72 Å². The molecule has 0 bridgehead atoms. The van der Waals surface area contributed by atoms with Crippen molar-refractivity contribution in [1.29, 1.82) is 0 Å². The number of ketones is 1. The number of hydrogen-bond acceptors (Lipinski definition) is 3. The molecule has 0 saturated carbocycles. The third-order valence-corrected chi connectivity index (χ3v) is 2.95. The second-order valence-electron chi connectivity index (χ2n) is 4.19. The van der Waals surface area contributed by atoms with E-state index in [0.717, 1.165) is 12.8 Å². The van der Waals surface area contributed by atoms with E-state index in [-0.39, 0.29) is 11.5 Å². The first-order valence-corrected chi connectivity index (χ1v) is 5.92. The summed E-state index contributed by atoms with van der Waals surface area (Å²) in [5, 5.41) is 11.5. The molecule has 1 aromatic carbocycles. The van der Waals surface area contributed by atoms with Gasteiger partial charge in [-0.1, -0.05) is 25.5 Å². The monoisotopic (exact) mass is 246 g/mol. The number of hydrogen-bond donors (Lipinski definition) is 1. The molecule has 5 nitrogen and oxygen atoms in total. The third-order valence-electron chi connectivity index (χ3n) is 2.95. The SMILES string of the molecule is CCCCC(=O)c1c[nH]c2c([N+](=O)[O-])cccc12. The van der Waals surface area contributed by atoms with Crippen LogP contribution in [0.25, 0.3) is 10.9 Å². The van der Waals surface area contributed by atoms with Gasteiger partial charge in [0.25, 0.3) is 5.69 Å². The summed E-state index contributed by atoms with van der Waals surface area (Å²) in [6.45, 7) is 2.02. The largest absolute Gasteiger partial charge is 0.355 e. The highest BCUT2D eigenvalue weighted by atomic mass is 16.6. The Bertz CT molecular complexity index is 601. The van der Waals surface area contributed by atoms with Gasteiger partial charge in [-0.05, 0) is 6.42 Å². The lowest BCUT2D eigenvalue weighted by Gasteiger charge is -1.98. The molecular formula is C13H14N2O3. The second kappa shape index (κ2) is 5.00. The summed E-state index contributed by atoms with van der Waals surface area (Å²) in [7, 11) is 0. The number of H-pyrrole nitrogens is 1. The van der Waals surface area contributed by atoms with Crippen LogP contribution in [-0.2, 0) is 0 Å². The standard InChI is InChI=1S/C13H14N2O3/c1-2-3-7-12(16)10-8-14-13-9(10)5-4-6-11(13)15(17)18/h4-6,8,14H,2-3,7H2,1H3. The fourth-order valence-corrected chi connectivity index (χ4v) is 1.99. The maximum atomic E-state index is 12.0. The van der Waals surface area contributed by atoms with Gasteiger partial charge in [-0.3, -0.25) is 14.9 Å². The maximum absolute atomic E-state index is 12.0. The van der Waals surface area contributed by atoms with E-state index in [2.05, 4.69) is 4.98 Å². The first kappa shape index (κ1) is 12.3. The van der Waals surface area contributed by atoms with Crippen molar-refractivity contribution in [3.05, 3.63) is 40.1 Å². The molecule has 0 aliphatic carbocycles. The predicted molar refractivity (Wildman–Crippen MR) is 68.8 cm³/mol. The minimum absolute atomic E-state index is 0.00189. The number of nitrogens with zero attached hydrogens (tertiary/aromatic N) is 1. The number of carbonyl (C=O) groups excluding carboxylic acids is 1. The maximum Gasteiger partial charge on any atom is 0.293 e.